The molecule has 1 atom stereocenters. The van der Waals surface area contributed by atoms with Crippen LogP contribution in [0.1, 0.15) is 26.2 Å². The Hall–Kier alpha value is -1.32. The highest BCUT2D eigenvalue weighted by molar-refractivity contribution is 5.76. The molecule has 1 aliphatic rings. The lowest BCUT2D eigenvalue weighted by atomic mass is 9.96. The summed E-state index contributed by atoms with van der Waals surface area (Å²) in [7, 11) is 1.93. The topological polar surface area (TPSA) is 29.1 Å². The zero-order chi connectivity index (χ0) is 11.5. The van der Waals surface area contributed by atoms with Crippen molar-refractivity contribution in [3.63, 3.8) is 0 Å². The average Bonchev–Trinajstić information content (AvgIpc) is 2.75. The molecule has 0 aromatic carbocycles. The number of imidazole rings is 1. The third-order valence-electron chi connectivity index (χ3n) is 3.36. The molecule has 1 fully saturated rings. The Morgan fingerprint density at radius 2 is 2.38 bits per heavy atom. The molecule has 16 heavy (non-hydrogen) atoms. The van der Waals surface area contributed by atoms with Gasteiger partial charge in [0.1, 0.15) is 12.4 Å². The highest BCUT2D eigenvalue weighted by Crippen LogP contribution is 2.19. The van der Waals surface area contributed by atoms with Gasteiger partial charge >= 0.3 is 6.03 Å². The van der Waals surface area contributed by atoms with Crippen LogP contribution in [-0.4, -0.2) is 28.6 Å². The number of likely N-dealkylation sites (tertiary alicyclic amines) is 1. The van der Waals surface area contributed by atoms with Crippen molar-refractivity contribution in [2.75, 3.05) is 13.1 Å². The van der Waals surface area contributed by atoms with Gasteiger partial charge in [-0.3, -0.25) is 0 Å². The van der Waals surface area contributed by atoms with Gasteiger partial charge < -0.3 is 4.90 Å². The molecule has 88 valence electrons. The number of rotatable bonds is 1. The molecule has 1 aromatic rings. The molecule has 0 aliphatic carbocycles. The van der Waals surface area contributed by atoms with Crippen molar-refractivity contribution in [1.29, 1.82) is 0 Å². The van der Waals surface area contributed by atoms with Gasteiger partial charge in [0.15, 0.2) is 0 Å². The van der Waals surface area contributed by atoms with Crippen LogP contribution in [0.15, 0.2) is 18.7 Å². The van der Waals surface area contributed by atoms with E-state index in [0.717, 1.165) is 19.5 Å². The molecule has 0 N–H and O–H groups in total. The lowest BCUT2D eigenvalue weighted by molar-refractivity contribution is -0.670. The van der Waals surface area contributed by atoms with E-state index >= 15 is 0 Å². The number of nitrogens with zero attached hydrogens (tertiary/aromatic N) is 3. The van der Waals surface area contributed by atoms with E-state index in [9.17, 15) is 4.79 Å². The fourth-order valence-corrected chi connectivity index (χ4v) is 2.30. The van der Waals surface area contributed by atoms with Gasteiger partial charge in [-0.15, -0.1) is 0 Å². The minimum absolute atomic E-state index is 0.110. The van der Waals surface area contributed by atoms with Crippen LogP contribution in [0.3, 0.4) is 0 Å². The van der Waals surface area contributed by atoms with E-state index in [1.807, 2.05) is 35.2 Å². The van der Waals surface area contributed by atoms with Crippen molar-refractivity contribution < 1.29 is 9.36 Å². The molecule has 1 aromatic heterocycles. The quantitative estimate of drug-likeness (QED) is 0.660. The Morgan fingerprint density at radius 3 is 3.00 bits per heavy atom. The average molecular weight is 222 g/mol. The first-order valence-electron chi connectivity index (χ1n) is 6.03. The summed E-state index contributed by atoms with van der Waals surface area (Å²) in [4.78, 5) is 14.1. The van der Waals surface area contributed by atoms with E-state index in [-0.39, 0.29) is 6.03 Å². The van der Waals surface area contributed by atoms with Gasteiger partial charge in [-0.2, -0.15) is 4.57 Å². The first-order chi connectivity index (χ1) is 7.70. The fraction of sp³-hybridized carbons (Fsp3) is 0.667. The second-order valence-electron chi connectivity index (χ2n) is 4.63. The van der Waals surface area contributed by atoms with Crippen LogP contribution in [0.2, 0.25) is 0 Å². The number of hydrogen-bond acceptors (Lipinski definition) is 1. The summed E-state index contributed by atoms with van der Waals surface area (Å²) in [5.74, 6) is 0.682. The highest BCUT2D eigenvalue weighted by Gasteiger charge is 2.26. The second-order valence-corrected chi connectivity index (χ2v) is 4.63. The summed E-state index contributed by atoms with van der Waals surface area (Å²) in [5.41, 5.74) is 0. The number of aryl methyl sites for hydroxylation is 1. The maximum Gasteiger partial charge on any atom is 0.415 e. The van der Waals surface area contributed by atoms with Crippen molar-refractivity contribution in [3.05, 3.63) is 18.7 Å². The maximum atomic E-state index is 12.2. The lowest BCUT2D eigenvalue weighted by Gasteiger charge is -2.30. The van der Waals surface area contributed by atoms with E-state index in [0.29, 0.717) is 5.92 Å². The van der Waals surface area contributed by atoms with Crippen LogP contribution >= 0.6 is 0 Å². The summed E-state index contributed by atoms with van der Waals surface area (Å²) in [6, 6.07) is 0.110. The molecule has 0 spiro atoms. The fourth-order valence-electron chi connectivity index (χ4n) is 2.30. The lowest BCUT2D eigenvalue weighted by Crippen LogP contribution is -2.42. The Kier molecular flexibility index (Phi) is 3.27. The first-order valence-corrected chi connectivity index (χ1v) is 6.03. The van der Waals surface area contributed by atoms with E-state index in [4.69, 9.17) is 0 Å². The summed E-state index contributed by atoms with van der Waals surface area (Å²) in [5, 5.41) is 0. The Balaban J connectivity index is 2.04. The minimum Gasteiger partial charge on any atom is -0.304 e. The highest BCUT2D eigenvalue weighted by atomic mass is 16.2. The molecule has 1 amide bonds. The molecule has 1 aliphatic heterocycles. The molecule has 4 heteroatoms. The molecule has 0 saturated carbocycles. The molecule has 0 bridgehead atoms. The van der Waals surface area contributed by atoms with Gasteiger partial charge in [-0.05, 0) is 18.8 Å². The third kappa shape index (κ3) is 2.26. The van der Waals surface area contributed by atoms with Gasteiger partial charge in [-0.1, -0.05) is 13.3 Å². The predicted molar refractivity (Wildman–Crippen MR) is 61.0 cm³/mol. The number of piperidine rings is 1. The number of carbonyl (C=O) groups excluding carboxylic acids is 1. The molecule has 2 heterocycles. The van der Waals surface area contributed by atoms with E-state index in [2.05, 4.69) is 6.92 Å². The van der Waals surface area contributed by atoms with Gasteiger partial charge in [0, 0.05) is 13.1 Å². The van der Waals surface area contributed by atoms with E-state index in [1.54, 1.807) is 4.57 Å². The predicted octanol–water partition coefficient (Wildman–Crippen LogP) is 1.40. The van der Waals surface area contributed by atoms with Gasteiger partial charge in [0.05, 0.1) is 7.05 Å². The number of amides is 1. The summed E-state index contributed by atoms with van der Waals surface area (Å²) in [6.07, 6.45) is 9.09. The van der Waals surface area contributed by atoms with Gasteiger partial charge in [0.25, 0.3) is 6.33 Å². The van der Waals surface area contributed by atoms with Crippen LogP contribution in [0.5, 0.6) is 0 Å². The summed E-state index contributed by atoms with van der Waals surface area (Å²) < 4.78 is 3.55. The van der Waals surface area contributed by atoms with Crippen molar-refractivity contribution >= 4 is 6.03 Å². The minimum atomic E-state index is 0.110. The van der Waals surface area contributed by atoms with Gasteiger partial charge in [0.2, 0.25) is 0 Å². The number of hydrogen-bond donors (Lipinski definition) is 0. The summed E-state index contributed by atoms with van der Waals surface area (Å²) in [6.45, 7) is 4.02. The SMILES string of the molecule is CCC1CCCN(C(=O)n2cc[n+](C)c2)C1. The van der Waals surface area contributed by atoms with Gasteiger partial charge in [-0.25, -0.2) is 9.36 Å². The maximum absolute atomic E-state index is 12.2. The van der Waals surface area contributed by atoms with Crippen molar-refractivity contribution in [1.82, 2.24) is 9.47 Å². The van der Waals surface area contributed by atoms with Crippen LogP contribution < -0.4 is 4.57 Å². The zero-order valence-electron chi connectivity index (χ0n) is 10.1. The normalized spacial score (nSPS) is 21.1. The van der Waals surface area contributed by atoms with E-state index in [1.165, 1.54) is 12.8 Å². The molecule has 1 saturated heterocycles. The molecular weight excluding hydrogens is 202 g/mol. The van der Waals surface area contributed by atoms with Crippen LogP contribution in [0.25, 0.3) is 0 Å². The molecule has 4 nitrogen and oxygen atoms in total. The second kappa shape index (κ2) is 4.68. The Morgan fingerprint density at radius 1 is 1.56 bits per heavy atom. The van der Waals surface area contributed by atoms with Crippen LogP contribution in [-0.2, 0) is 7.05 Å². The largest absolute Gasteiger partial charge is 0.415 e. The Bertz CT molecular complexity index is 372. The standard InChI is InChI=1S/C12H20N3O/c1-3-11-5-4-6-14(9-11)12(16)15-8-7-13(2)10-15/h7-8,10-11H,3-6,9H2,1-2H3/q+1. The summed E-state index contributed by atoms with van der Waals surface area (Å²) >= 11 is 0. The molecule has 1 unspecified atom stereocenters. The first kappa shape index (κ1) is 11.2. The number of aromatic nitrogens is 2. The van der Waals surface area contributed by atoms with Crippen molar-refractivity contribution in [2.24, 2.45) is 13.0 Å². The number of carbonyl (C=O) groups is 1. The molecule has 2 rings (SSSR count). The van der Waals surface area contributed by atoms with Crippen LogP contribution in [0, 0.1) is 5.92 Å². The Labute approximate surface area is 96.5 Å². The van der Waals surface area contributed by atoms with Crippen molar-refractivity contribution in [2.45, 2.75) is 26.2 Å². The molecule has 0 radical (unpaired) electrons. The zero-order valence-corrected chi connectivity index (χ0v) is 10.1. The van der Waals surface area contributed by atoms with E-state index < -0.39 is 0 Å². The smallest absolute Gasteiger partial charge is 0.304 e. The third-order valence-corrected chi connectivity index (χ3v) is 3.36. The monoisotopic (exact) mass is 222 g/mol. The van der Waals surface area contributed by atoms with Crippen LogP contribution in [0.4, 0.5) is 4.79 Å². The molecular formula is C12H20N3O+. The van der Waals surface area contributed by atoms with Crippen molar-refractivity contribution in [3.8, 4) is 0 Å².